The summed E-state index contributed by atoms with van der Waals surface area (Å²) in [7, 11) is 0. The highest BCUT2D eigenvalue weighted by Gasteiger charge is 2.35. The average molecular weight is 288 g/mol. The Kier molecular flexibility index (Phi) is 3.14. The van der Waals surface area contributed by atoms with E-state index in [2.05, 4.69) is 35.7 Å². The van der Waals surface area contributed by atoms with Gasteiger partial charge in [-0.05, 0) is 37.5 Å². The van der Waals surface area contributed by atoms with Crippen molar-refractivity contribution in [2.45, 2.75) is 43.9 Å². The van der Waals surface area contributed by atoms with Crippen LogP contribution < -0.4 is 4.90 Å². The monoisotopic (exact) mass is 288 g/mol. The van der Waals surface area contributed by atoms with Crippen LogP contribution in [0.5, 0.6) is 0 Å². The molecule has 1 aliphatic heterocycles. The van der Waals surface area contributed by atoms with Gasteiger partial charge >= 0.3 is 0 Å². The van der Waals surface area contributed by atoms with E-state index in [1.165, 1.54) is 37.0 Å². The molecule has 1 aromatic carbocycles. The van der Waals surface area contributed by atoms with Gasteiger partial charge in [0.1, 0.15) is 5.52 Å². The lowest BCUT2D eigenvalue weighted by atomic mass is 9.93. The summed E-state index contributed by atoms with van der Waals surface area (Å²) in [6.45, 7) is 3.17. The van der Waals surface area contributed by atoms with Crippen molar-refractivity contribution in [3.05, 3.63) is 23.8 Å². The van der Waals surface area contributed by atoms with Crippen molar-refractivity contribution in [3.8, 4) is 0 Å². The lowest BCUT2D eigenvalue weighted by molar-refractivity contribution is 0.401. The Balaban J connectivity index is 1.69. The summed E-state index contributed by atoms with van der Waals surface area (Å²) >= 11 is 2.14. The van der Waals surface area contributed by atoms with Crippen LogP contribution >= 0.6 is 11.8 Å². The maximum Gasteiger partial charge on any atom is 0.298 e. The van der Waals surface area contributed by atoms with Gasteiger partial charge in [0.2, 0.25) is 0 Å². The van der Waals surface area contributed by atoms with Crippen LogP contribution in [-0.4, -0.2) is 28.6 Å². The Morgan fingerprint density at radius 2 is 2.20 bits per heavy atom. The number of aryl methyl sites for hydroxylation is 1. The summed E-state index contributed by atoms with van der Waals surface area (Å²) in [6, 6.07) is 7.70. The van der Waals surface area contributed by atoms with E-state index in [1.54, 1.807) is 0 Å². The van der Waals surface area contributed by atoms with E-state index in [-0.39, 0.29) is 0 Å². The Hall–Kier alpha value is -1.16. The first-order chi connectivity index (χ1) is 9.81. The van der Waals surface area contributed by atoms with Crippen molar-refractivity contribution in [1.82, 2.24) is 4.98 Å². The summed E-state index contributed by atoms with van der Waals surface area (Å²) in [6.07, 6.45) is 5.37. The molecule has 2 heterocycles. The molecule has 0 radical (unpaired) electrons. The van der Waals surface area contributed by atoms with Gasteiger partial charge in [-0.25, -0.2) is 0 Å². The van der Waals surface area contributed by atoms with Crippen LogP contribution in [0.25, 0.3) is 11.1 Å². The van der Waals surface area contributed by atoms with Crippen LogP contribution in [0.1, 0.15) is 31.2 Å². The highest BCUT2D eigenvalue weighted by atomic mass is 32.2. The van der Waals surface area contributed by atoms with Crippen molar-refractivity contribution >= 4 is 28.9 Å². The normalized spacial score (nSPS) is 26.8. The van der Waals surface area contributed by atoms with Crippen molar-refractivity contribution < 1.29 is 4.42 Å². The van der Waals surface area contributed by atoms with Crippen molar-refractivity contribution in [3.63, 3.8) is 0 Å². The Labute approximate surface area is 123 Å². The Morgan fingerprint density at radius 3 is 3.15 bits per heavy atom. The van der Waals surface area contributed by atoms with Gasteiger partial charge in [0.05, 0.1) is 0 Å². The molecule has 106 valence electrons. The zero-order valence-corrected chi connectivity index (χ0v) is 12.7. The predicted molar refractivity (Wildman–Crippen MR) is 84.6 cm³/mol. The summed E-state index contributed by atoms with van der Waals surface area (Å²) in [5.41, 5.74) is 3.14. The number of aromatic nitrogens is 1. The molecule has 0 bridgehead atoms. The molecule has 4 heteroatoms. The maximum absolute atomic E-state index is 6.02. The smallest absolute Gasteiger partial charge is 0.298 e. The minimum Gasteiger partial charge on any atom is -0.423 e. The van der Waals surface area contributed by atoms with Gasteiger partial charge in [-0.3, -0.25) is 0 Å². The first kappa shape index (κ1) is 12.6. The van der Waals surface area contributed by atoms with Crippen LogP contribution in [0.15, 0.2) is 22.6 Å². The number of hydrogen-bond acceptors (Lipinski definition) is 4. The zero-order chi connectivity index (χ0) is 13.5. The molecular weight excluding hydrogens is 268 g/mol. The number of oxazole rings is 1. The second kappa shape index (κ2) is 4.99. The molecule has 1 aromatic heterocycles. The predicted octanol–water partition coefficient (Wildman–Crippen LogP) is 4.00. The van der Waals surface area contributed by atoms with Gasteiger partial charge in [0.25, 0.3) is 6.01 Å². The van der Waals surface area contributed by atoms with E-state index >= 15 is 0 Å². The molecule has 2 fully saturated rings. The Morgan fingerprint density at radius 1 is 1.30 bits per heavy atom. The molecule has 20 heavy (non-hydrogen) atoms. The van der Waals surface area contributed by atoms with E-state index in [1.807, 2.05) is 6.07 Å². The summed E-state index contributed by atoms with van der Waals surface area (Å²) in [5, 5.41) is 0.772. The third-order valence-electron chi connectivity index (χ3n) is 4.51. The van der Waals surface area contributed by atoms with E-state index in [4.69, 9.17) is 9.40 Å². The first-order valence-corrected chi connectivity index (χ1v) is 8.61. The lowest BCUT2D eigenvalue weighted by Crippen LogP contribution is -2.49. The Bertz CT molecular complexity index is 622. The van der Waals surface area contributed by atoms with Gasteiger partial charge in [-0.15, -0.1) is 0 Å². The summed E-state index contributed by atoms with van der Waals surface area (Å²) < 4.78 is 6.02. The number of hydrogen-bond donors (Lipinski definition) is 0. The number of rotatable bonds is 1. The van der Waals surface area contributed by atoms with Gasteiger partial charge in [0, 0.05) is 23.6 Å². The third-order valence-corrected chi connectivity index (χ3v) is 5.91. The molecule has 0 N–H and O–H groups in total. The molecule has 1 saturated carbocycles. The minimum atomic E-state index is 0.622. The summed E-state index contributed by atoms with van der Waals surface area (Å²) in [5.74, 6) is 1.19. The molecule has 1 saturated heterocycles. The van der Waals surface area contributed by atoms with Crippen LogP contribution in [0.4, 0.5) is 6.01 Å². The van der Waals surface area contributed by atoms with Crippen LogP contribution in [0, 0.1) is 6.92 Å². The molecule has 0 spiro atoms. The highest BCUT2D eigenvalue weighted by molar-refractivity contribution is 8.00. The maximum atomic E-state index is 6.02. The molecule has 3 nitrogen and oxygen atoms in total. The first-order valence-electron chi connectivity index (χ1n) is 7.57. The van der Waals surface area contributed by atoms with Crippen LogP contribution in [0.3, 0.4) is 0 Å². The molecular formula is C16H20N2OS. The molecule has 2 unspecified atom stereocenters. The SMILES string of the molecule is Cc1ccc2oc(N3CCSC4CCCCC43)nc2c1. The molecule has 1 aliphatic carbocycles. The number of anilines is 1. The molecule has 0 amide bonds. The highest BCUT2D eigenvalue weighted by Crippen LogP contribution is 2.38. The number of nitrogens with zero attached hydrogens (tertiary/aromatic N) is 2. The van der Waals surface area contributed by atoms with E-state index in [0.717, 1.165) is 28.9 Å². The second-order valence-corrected chi connectivity index (χ2v) is 7.27. The van der Waals surface area contributed by atoms with E-state index in [0.29, 0.717) is 6.04 Å². The van der Waals surface area contributed by atoms with Crippen molar-refractivity contribution in [2.24, 2.45) is 0 Å². The quantitative estimate of drug-likeness (QED) is 0.793. The largest absolute Gasteiger partial charge is 0.423 e. The molecule has 2 atom stereocenters. The van der Waals surface area contributed by atoms with Gasteiger partial charge in [-0.2, -0.15) is 16.7 Å². The van der Waals surface area contributed by atoms with Gasteiger partial charge in [0.15, 0.2) is 5.58 Å². The van der Waals surface area contributed by atoms with Crippen LogP contribution in [0.2, 0.25) is 0 Å². The summed E-state index contributed by atoms with van der Waals surface area (Å²) in [4.78, 5) is 7.16. The fourth-order valence-corrected chi connectivity index (χ4v) is 4.93. The number of thioether (sulfide) groups is 1. The van der Waals surface area contributed by atoms with E-state index in [9.17, 15) is 0 Å². The van der Waals surface area contributed by atoms with E-state index < -0.39 is 0 Å². The topological polar surface area (TPSA) is 29.3 Å². The lowest BCUT2D eigenvalue weighted by Gasteiger charge is -2.42. The third kappa shape index (κ3) is 2.10. The second-order valence-electron chi connectivity index (χ2n) is 5.92. The standard InChI is InChI=1S/C16H20N2OS/c1-11-6-7-14-12(10-11)17-16(19-14)18-8-9-20-15-5-3-2-4-13(15)18/h6-7,10,13,15H,2-5,8-9H2,1H3. The minimum absolute atomic E-state index is 0.622. The molecule has 2 aromatic rings. The number of benzene rings is 1. The van der Waals surface area contributed by atoms with Gasteiger partial charge < -0.3 is 9.32 Å². The van der Waals surface area contributed by atoms with Crippen molar-refractivity contribution in [2.75, 3.05) is 17.2 Å². The van der Waals surface area contributed by atoms with Gasteiger partial charge in [-0.1, -0.05) is 18.9 Å². The number of fused-ring (bicyclic) bond motifs is 2. The molecule has 2 aliphatic rings. The van der Waals surface area contributed by atoms with Crippen LogP contribution in [-0.2, 0) is 0 Å². The van der Waals surface area contributed by atoms with Crippen molar-refractivity contribution in [1.29, 1.82) is 0 Å². The fraction of sp³-hybridized carbons (Fsp3) is 0.562. The molecule has 4 rings (SSSR count). The zero-order valence-electron chi connectivity index (χ0n) is 11.8. The fourth-order valence-electron chi connectivity index (χ4n) is 3.48. The average Bonchev–Trinajstić information content (AvgIpc) is 2.89.